The van der Waals surface area contributed by atoms with Crippen molar-refractivity contribution in [2.45, 2.75) is 24.9 Å². The zero-order chi connectivity index (χ0) is 25.0. The van der Waals surface area contributed by atoms with Crippen molar-refractivity contribution in [1.29, 1.82) is 5.26 Å². The molecule has 1 heterocycles. The number of ether oxygens (including phenoxy) is 1. The van der Waals surface area contributed by atoms with E-state index in [1.165, 1.54) is 24.3 Å². The lowest BCUT2D eigenvalue weighted by Gasteiger charge is -2.34. The number of alkyl halides is 3. The summed E-state index contributed by atoms with van der Waals surface area (Å²) >= 11 is 0. The summed E-state index contributed by atoms with van der Waals surface area (Å²) in [7, 11) is 3.64. The van der Waals surface area contributed by atoms with Crippen LogP contribution < -0.4 is 5.32 Å². The lowest BCUT2D eigenvalue weighted by Crippen LogP contribution is -2.40. The number of esters is 1. The third kappa shape index (κ3) is 5.46. The molecule has 0 aliphatic carbocycles. The Bertz CT molecular complexity index is 1150. The summed E-state index contributed by atoms with van der Waals surface area (Å²) in [6.07, 6.45) is -4.59. The van der Waals surface area contributed by atoms with Gasteiger partial charge in [0.05, 0.1) is 28.7 Å². The fourth-order valence-electron chi connectivity index (χ4n) is 3.94. The fraction of sp³-hybridized carbons (Fsp3) is 0.320. The molecule has 2 unspecified atom stereocenters. The maximum Gasteiger partial charge on any atom is 0.416 e. The monoisotopic (exact) mass is 471 g/mol. The number of likely N-dealkylation sites (N-methyl/N-ethyl adjacent to an activating group) is 1. The SMILES string of the molecule is CC1=C(C(=O)OCCN(C)C)C(c2ccc(C#N)cc2)C(c2cccc(C(F)(F)F)c2)C(=O)N1. The molecule has 2 aromatic carbocycles. The van der Waals surface area contributed by atoms with Gasteiger partial charge in [-0.15, -0.1) is 0 Å². The van der Waals surface area contributed by atoms with E-state index < -0.39 is 35.5 Å². The molecule has 0 spiro atoms. The van der Waals surface area contributed by atoms with Gasteiger partial charge in [-0.2, -0.15) is 18.4 Å². The van der Waals surface area contributed by atoms with Crippen molar-refractivity contribution in [3.63, 3.8) is 0 Å². The molecule has 3 rings (SSSR count). The number of carbonyl (C=O) groups excluding carboxylic acids is 2. The molecule has 178 valence electrons. The van der Waals surface area contributed by atoms with E-state index in [0.29, 0.717) is 17.7 Å². The second-order valence-corrected chi connectivity index (χ2v) is 8.28. The molecule has 0 saturated carbocycles. The van der Waals surface area contributed by atoms with Crippen LogP contribution in [0.15, 0.2) is 59.8 Å². The molecule has 34 heavy (non-hydrogen) atoms. The summed E-state index contributed by atoms with van der Waals surface area (Å²) in [5.74, 6) is -3.21. The minimum absolute atomic E-state index is 0.102. The van der Waals surface area contributed by atoms with Crippen molar-refractivity contribution in [3.8, 4) is 6.07 Å². The number of rotatable bonds is 6. The average Bonchev–Trinajstić information content (AvgIpc) is 2.77. The van der Waals surface area contributed by atoms with Crippen LogP contribution in [0.1, 0.15) is 41.0 Å². The van der Waals surface area contributed by atoms with Gasteiger partial charge in [-0.25, -0.2) is 4.79 Å². The van der Waals surface area contributed by atoms with E-state index in [2.05, 4.69) is 5.32 Å². The third-order valence-electron chi connectivity index (χ3n) is 5.61. The first-order valence-corrected chi connectivity index (χ1v) is 10.5. The van der Waals surface area contributed by atoms with Crippen molar-refractivity contribution in [1.82, 2.24) is 10.2 Å². The Morgan fingerprint density at radius 3 is 2.38 bits per heavy atom. The summed E-state index contributed by atoms with van der Waals surface area (Å²) in [4.78, 5) is 28.1. The smallest absolute Gasteiger partial charge is 0.416 e. The number of nitriles is 1. The van der Waals surface area contributed by atoms with E-state index in [4.69, 9.17) is 10.00 Å². The lowest BCUT2D eigenvalue weighted by atomic mass is 9.73. The first-order valence-electron chi connectivity index (χ1n) is 10.5. The maximum atomic E-state index is 13.4. The quantitative estimate of drug-likeness (QED) is 0.645. The molecular formula is C25H24F3N3O3. The Labute approximate surface area is 195 Å². The number of carbonyl (C=O) groups is 2. The van der Waals surface area contributed by atoms with Crippen LogP contribution in [0.3, 0.4) is 0 Å². The Balaban J connectivity index is 2.13. The van der Waals surface area contributed by atoms with Crippen molar-refractivity contribution in [2.75, 3.05) is 27.2 Å². The van der Waals surface area contributed by atoms with Gasteiger partial charge in [0.1, 0.15) is 6.61 Å². The molecule has 6 nitrogen and oxygen atoms in total. The molecule has 0 fully saturated rings. The number of nitrogens with one attached hydrogen (secondary N) is 1. The zero-order valence-corrected chi connectivity index (χ0v) is 18.9. The van der Waals surface area contributed by atoms with Gasteiger partial charge in [0.2, 0.25) is 5.91 Å². The minimum atomic E-state index is -4.59. The highest BCUT2D eigenvalue weighted by molar-refractivity contribution is 5.98. The summed E-state index contributed by atoms with van der Waals surface area (Å²) < 4.78 is 45.6. The summed E-state index contributed by atoms with van der Waals surface area (Å²) in [5.41, 5.74) is 0.541. The summed E-state index contributed by atoms with van der Waals surface area (Å²) in [6.45, 7) is 2.13. The topological polar surface area (TPSA) is 82.4 Å². The van der Waals surface area contributed by atoms with Crippen molar-refractivity contribution >= 4 is 11.9 Å². The Morgan fingerprint density at radius 2 is 1.79 bits per heavy atom. The molecule has 2 atom stereocenters. The van der Waals surface area contributed by atoms with E-state index in [9.17, 15) is 22.8 Å². The van der Waals surface area contributed by atoms with Crippen LogP contribution in [0.2, 0.25) is 0 Å². The minimum Gasteiger partial charge on any atom is -0.461 e. The standard InChI is InChI=1S/C25H24F3N3O3/c1-15-20(24(33)34-12-11-31(2)3)21(17-9-7-16(14-29)8-10-17)22(23(32)30-15)18-5-4-6-19(13-18)25(26,27)28/h4-10,13,21-22H,11-12H2,1-3H3,(H,30,32). The molecule has 2 aromatic rings. The Morgan fingerprint density at radius 1 is 1.12 bits per heavy atom. The highest BCUT2D eigenvalue weighted by Gasteiger charge is 2.42. The van der Waals surface area contributed by atoms with E-state index >= 15 is 0 Å². The molecule has 0 saturated heterocycles. The molecule has 0 bridgehead atoms. The van der Waals surface area contributed by atoms with E-state index in [1.54, 1.807) is 19.1 Å². The zero-order valence-electron chi connectivity index (χ0n) is 18.9. The van der Waals surface area contributed by atoms with Gasteiger partial charge in [0, 0.05) is 18.2 Å². The van der Waals surface area contributed by atoms with E-state index in [1.807, 2.05) is 25.1 Å². The third-order valence-corrected chi connectivity index (χ3v) is 5.61. The Hall–Kier alpha value is -3.64. The second-order valence-electron chi connectivity index (χ2n) is 8.28. The van der Waals surface area contributed by atoms with Crippen LogP contribution in [-0.4, -0.2) is 44.0 Å². The molecule has 1 N–H and O–H groups in total. The normalized spacial score (nSPS) is 18.5. The van der Waals surface area contributed by atoms with Gasteiger partial charge in [0.25, 0.3) is 0 Å². The molecule has 1 aliphatic heterocycles. The largest absolute Gasteiger partial charge is 0.461 e. The van der Waals surface area contributed by atoms with Gasteiger partial charge < -0.3 is 15.0 Å². The number of hydrogen-bond donors (Lipinski definition) is 1. The maximum absolute atomic E-state index is 13.4. The molecule has 1 aliphatic rings. The van der Waals surface area contributed by atoms with Gasteiger partial charge in [0.15, 0.2) is 0 Å². The highest BCUT2D eigenvalue weighted by atomic mass is 19.4. The van der Waals surface area contributed by atoms with Gasteiger partial charge in [-0.05, 0) is 50.3 Å². The fourth-order valence-corrected chi connectivity index (χ4v) is 3.94. The number of allylic oxidation sites excluding steroid dienone is 1. The summed E-state index contributed by atoms with van der Waals surface area (Å²) in [5, 5.41) is 11.8. The van der Waals surface area contributed by atoms with Gasteiger partial charge >= 0.3 is 12.1 Å². The van der Waals surface area contributed by atoms with Crippen LogP contribution >= 0.6 is 0 Å². The van der Waals surface area contributed by atoms with E-state index in [0.717, 1.165) is 12.1 Å². The molecule has 0 aromatic heterocycles. The highest BCUT2D eigenvalue weighted by Crippen LogP contribution is 2.44. The van der Waals surface area contributed by atoms with Crippen molar-refractivity contribution in [3.05, 3.63) is 82.1 Å². The van der Waals surface area contributed by atoms with Crippen LogP contribution in [0.25, 0.3) is 0 Å². The predicted octanol–water partition coefficient (Wildman–Crippen LogP) is 3.95. The average molecular weight is 471 g/mol. The van der Waals surface area contributed by atoms with Crippen LogP contribution in [-0.2, 0) is 20.5 Å². The van der Waals surface area contributed by atoms with Crippen molar-refractivity contribution in [2.24, 2.45) is 0 Å². The van der Waals surface area contributed by atoms with Crippen molar-refractivity contribution < 1.29 is 27.5 Å². The first kappa shape index (κ1) is 25.0. The number of halogens is 3. The molecule has 0 radical (unpaired) electrons. The van der Waals surface area contributed by atoms with Crippen LogP contribution in [0.4, 0.5) is 13.2 Å². The first-order chi connectivity index (χ1) is 16.0. The Kier molecular flexibility index (Phi) is 7.42. The second kappa shape index (κ2) is 10.1. The number of benzene rings is 2. The predicted molar refractivity (Wildman–Crippen MR) is 118 cm³/mol. The number of nitrogens with zero attached hydrogens (tertiary/aromatic N) is 2. The van der Waals surface area contributed by atoms with Crippen LogP contribution in [0, 0.1) is 11.3 Å². The number of hydrogen-bond acceptors (Lipinski definition) is 5. The summed E-state index contributed by atoms with van der Waals surface area (Å²) in [6, 6.07) is 12.8. The molecule has 1 amide bonds. The van der Waals surface area contributed by atoms with Crippen LogP contribution in [0.5, 0.6) is 0 Å². The number of amides is 1. The van der Waals surface area contributed by atoms with Gasteiger partial charge in [-0.1, -0.05) is 30.3 Å². The molecule has 9 heteroatoms. The molecular weight excluding hydrogens is 447 g/mol. The van der Waals surface area contributed by atoms with E-state index in [-0.39, 0.29) is 23.4 Å². The van der Waals surface area contributed by atoms with Gasteiger partial charge in [-0.3, -0.25) is 4.79 Å². The lowest BCUT2D eigenvalue weighted by molar-refractivity contribution is -0.140.